The third kappa shape index (κ3) is 3.80. The molecule has 2 aliphatic rings. The molecule has 7 heteroatoms. The van der Waals surface area contributed by atoms with Crippen LogP contribution in [0.3, 0.4) is 0 Å². The van der Waals surface area contributed by atoms with Gasteiger partial charge in [0.05, 0.1) is 39.6 Å². The van der Waals surface area contributed by atoms with Crippen LogP contribution >= 0.6 is 0 Å². The Labute approximate surface area is 176 Å². The summed E-state index contributed by atoms with van der Waals surface area (Å²) in [5.41, 5.74) is 2.05. The standard InChI is InChI=1S/C23H28O7/c1-24-11-16-17(12-25-2)23(15-6-8-19-21(10-15)29-13-28-19)30-22(16)14-5-7-18(26-3)20(9-14)27-4/h5-10,16-17,22-23H,11-13H2,1-4H3/t16-,17-,22-,23+/m1/s1. The quantitative estimate of drug-likeness (QED) is 0.649. The van der Waals surface area contributed by atoms with Crippen molar-refractivity contribution < 1.29 is 33.2 Å². The van der Waals surface area contributed by atoms with Gasteiger partial charge < -0.3 is 33.2 Å². The summed E-state index contributed by atoms with van der Waals surface area (Å²) in [4.78, 5) is 0. The van der Waals surface area contributed by atoms with Gasteiger partial charge >= 0.3 is 0 Å². The van der Waals surface area contributed by atoms with Gasteiger partial charge in [0, 0.05) is 26.1 Å². The van der Waals surface area contributed by atoms with Gasteiger partial charge in [-0.05, 0) is 35.4 Å². The van der Waals surface area contributed by atoms with Crippen molar-refractivity contribution in [2.24, 2.45) is 11.8 Å². The zero-order valence-corrected chi connectivity index (χ0v) is 17.8. The normalized spacial score (nSPS) is 24.8. The molecule has 7 nitrogen and oxygen atoms in total. The first-order valence-electron chi connectivity index (χ1n) is 9.95. The van der Waals surface area contributed by atoms with Crippen LogP contribution in [0.2, 0.25) is 0 Å². The second-order valence-corrected chi connectivity index (χ2v) is 7.44. The molecule has 162 valence electrons. The SMILES string of the molecule is COC[C@@H]1[C@@H](COC)[C@H](c2ccc3c(c2)OCO3)O[C@@H]1c1ccc(OC)c(OC)c1. The van der Waals surface area contributed by atoms with E-state index in [-0.39, 0.29) is 30.8 Å². The highest BCUT2D eigenvalue weighted by atomic mass is 16.7. The zero-order valence-electron chi connectivity index (χ0n) is 17.8. The van der Waals surface area contributed by atoms with Crippen LogP contribution in [0, 0.1) is 11.8 Å². The van der Waals surface area contributed by atoms with E-state index in [4.69, 9.17) is 33.2 Å². The number of hydrogen-bond donors (Lipinski definition) is 0. The lowest BCUT2D eigenvalue weighted by atomic mass is 9.83. The smallest absolute Gasteiger partial charge is 0.231 e. The number of rotatable bonds is 8. The van der Waals surface area contributed by atoms with E-state index in [0.29, 0.717) is 24.7 Å². The lowest BCUT2D eigenvalue weighted by molar-refractivity contribution is 0.0143. The summed E-state index contributed by atoms with van der Waals surface area (Å²) in [5.74, 6) is 3.06. The minimum Gasteiger partial charge on any atom is -0.493 e. The molecule has 4 atom stereocenters. The average molecular weight is 416 g/mol. The summed E-state index contributed by atoms with van der Waals surface area (Å²) in [6, 6.07) is 11.8. The van der Waals surface area contributed by atoms with E-state index in [0.717, 1.165) is 22.6 Å². The Morgan fingerprint density at radius 1 is 0.733 bits per heavy atom. The first-order chi connectivity index (χ1) is 14.7. The number of benzene rings is 2. The van der Waals surface area contributed by atoms with Gasteiger partial charge in [0.1, 0.15) is 0 Å². The Kier molecular flexibility index (Phi) is 6.32. The molecule has 0 bridgehead atoms. The van der Waals surface area contributed by atoms with Gasteiger partial charge in [0.2, 0.25) is 6.79 Å². The summed E-state index contributed by atoms with van der Waals surface area (Å²) in [6.07, 6.45) is -0.349. The minimum absolute atomic E-state index is 0.100. The first-order valence-corrected chi connectivity index (χ1v) is 9.95. The van der Waals surface area contributed by atoms with Gasteiger partial charge in [-0.2, -0.15) is 0 Å². The van der Waals surface area contributed by atoms with Gasteiger partial charge in [0.25, 0.3) is 0 Å². The van der Waals surface area contributed by atoms with E-state index >= 15 is 0 Å². The third-order valence-electron chi connectivity index (χ3n) is 5.80. The minimum atomic E-state index is -0.180. The largest absolute Gasteiger partial charge is 0.493 e. The number of methoxy groups -OCH3 is 4. The third-order valence-corrected chi connectivity index (χ3v) is 5.80. The van der Waals surface area contributed by atoms with Crippen molar-refractivity contribution in [3.63, 3.8) is 0 Å². The summed E-state index contributed by atoms with van der Waals surface area (Å²) in [6.45, 7) is 1.34. The second-order valence-electron chi connectivity index (χ2n) is 7.44. The van der Waals surface area contributed by atoms with Gasteiger partial charge in [-0.3, -0.25) is 0 Å². The van der Waals surface area contributed by atoms with Gasteiger partial charge in [-0.1, -0.05) is 12.1 Å². The van der Waals surface area contributed by atoms with Crippen molar-refractivity contribution in [3.05, 3.63) is 47.5 Å². The highest BCUT2D eigenvalue weighted by Crippen LogP contribution is 2.51. The molecule has 0 N–H and O–H groups in total. The molecule has 1 saturated heterocycles. The number of fused-ring (bicyclic) bond motifs is 1. The molecule has 0 aromatic heterocycles. The zero-order chi connectivity index (χ0) is 21.1. The number of ether oxygens (including phenoxy) is 7. The van der Waals surface area contributed by atoms with Crippen LogP contribution in [-0.4, -0.2) is 48.4 Å². The Morgan fingerprint density at radius 3 is 1.97 bits per heavy atom. The second kappa shape index (κ2) is 9.12. The summed E-state index contributed by atoms with van der Waals surface area (Å²) < 4.78 is 39.7. The molecule has 0 amide bonds. The molecule has 0 aliphatic carbocycles. The molecule has 0 radical (unpaired) electrons. The van der Waals surface area contributed by atoms with Gasteiger partial charge in [0.15, 0.2) is 23.0 Å². The Balaban J connectivity index is 1.70. The van der Waals surface area contributed by atoms with E-state index < -0.39 is 0 Å². The first kappa shape index (κ1) is 20.8. The molecule has 2 aromatic carbocycles. The van der Waals surface area contributed by atoms with Crippen LogP contribution in [0.1, 0.15) is 23.3 Å². The van der Waals surface area contributed by atoms with Crippen LogP contribution < -0.4 is 18.9 Å². The fourth-order valence-corrected chi connectivity index (χ4v) is 4.39. The molecule has 30 heavy (non-hydrogen) atoms. The topological polar surface area (TPSA) is 64.6 Å². The molecule has 4 rings (SSSR count). The van der Waals surface area contributed by atoms with Crippen molar-refractivity contribution in [2.45, 2.75) is 12.2 Å². The van der Waals surface area contributed by atoms with Gasteiger partial charge in [-0.25, -0.2) is 0 Å². The van der Waals surface area contributed by atoms with Crippen molar-refractivity contribution in [1.29, 1.82) is 0 Å². The van der Waals surface area contributed by atoms with Crippen molar-refractivity contribution in [2.75, 3.05) is 48.4 Å². The van der Waals surface area contributed by atoms with E-state index in [1.54, 1.807) is 28.4 Å². The van der Waals surface area contributed by atoms with Crippen molar-refractivity contribution >= 4 is 0 Å². The Morgan fingerprint density at radius 2 is 1.33 bits per heavy atom. The molecule has 1 fully saturated rings. The molecule has 0 spiro atoms. The number of hydrogen-bond acceptors (Lipinski definition) is 7. The molecule has 0 unspecified atom stereocenters. The fourth-order valence-electron chi connectivity index (χ4n) is 4.39. The maximum atomic E-state index is 6.64. The summed E-state index contributed by atoms with van der Waals surface area (Å²) >= 11 is 0. The lowest BCUT2D eigenvalue weighted by Gasteiger charge is -2.23. The molecular formula is C23H28O7. The molecule has 2 heterocycles. The van der Waals surface area contributed by atoms with Crippen LogP contribution in [0.25, 0.3) is 0 Å². The highest BCUT2D eigenvalue weighted by molar-refractivity contribution is 5.46. The predicted molar refractivity (Wildman–Crippen MR) is 109 cm³/mol. The summed E-state index contributed by atoms with van der Waals surface area (Å²) in [5, 5.41) is 0. The molecule has 2 aliphatic heterocycles. The molecule has 2 aromatic rings. The Hall–Kier alpha value is -2.48. The van der Waals surface area contributed by atoms with E-state index in [1.165, 1.54) is 0 Å². The van der Waals surface area contributed by atoms with Crippen molar-refractivity contribution in [3.8, 4) is 23.0 Å². The van der Waals surface area contributed by atoms with E-state index in [2.05, 4.69) is 0 Å². The van der Waals surface area contributed by atoms with Crippen LogP contribution in [-0.2, 0) is 14.2 Å². The maximum Gasteiger partial charge on any atom is 0.231 e. The maximum absolute atomic E-state index is 6.64. The van der Waals surface area contributed by atoms with Crippen LogP contribution in [0.5, 0.6) is 23.0 Å². The lowest BCUT2D eigenvalue weighted by Crippen LogP contribution is -2.25. The highest BCUT2D eigenvalue weighted by Gasteiger charge is 2.46. The molecular weight excluding hydrogens is 388 g/mol. The monoisotopic (exact) mass is 416 g/mol. The average Bonchev–Trinajstić information content (AvgIpc) is 3.38. The van der Waals surface area contributed by atoms with Crippen LogP contribution in [0.4, 0.5) is 0 Å². The van der Waals surface area contributed by atoms with Gasteiger partial charge in [-0.15, -0.1) is 0 Å². The predicted octanol–water partition coefficient (Wildman–Crippen LogP) is 3.77. The van der Waals surface area contributed by atoms with Crippen LogP contribution in [0.15, 0.2) is 36.4 Å². The Bertz CT molecular complexity index is 869. The fraction of sp³-hybridized carbons (Fsp3) is 0.478. The van der Waals surface area contributed by atoms with Crippen molar-refractivity contribution in [1.82, 2.24) is 0 Å². The van der Waals surface area contributed by atoms with E-state index in [1.807, 2.05) is 36.4 Å². The summed E-state index contributed by atoms with van der Waals surface area (Å²) in [7, 11) is 6.68. The van der Waals surface area contributed by atoms with E-state index in [9.17, 15) is 0 Å². The molecule has 0 saturated carbocycles.